The van der Waals surface area contributed by atoms with Crippen LogP contribution in [-0.2, 0) is 4.74 Å². The van der Waals surface area contributed by atoms with Crippen molar-refractivity contribution in [1.29, 1.82) is 0 Å². The summed E-state index contributed by atoms with van der Waals surface area (Å²) >= 11 is 4.82. The highest BCUT2D eigenvalue weighted by Crippen LogP contribution is 2.38. The Bertz CT molecular complexity index is 681. The van der Waals surface area contributed by atoms with E-state index >= 15 is 0 Å². The summed E-state index contributed by atoms with van der Waals surface area (Å²) in [4.78, 5) is 16.2. The molecule has 2 aromatic rings. The van der Waals surface area contributed by atoms with Crippen molar-refractivity contribution < 1.29 is 4.74 Å². The first-order chi connectivity index (χ1) is 11.4. The third-order valence-electron chi connectivity index (χ3n) is 4.06. The van der Waals surface area contributed by atoms with Gasteiger partial charge in [0.1, 0.15) is 11.5 Å². The molecule has 6 heteroatoms. The predicted molar refractivity (Wildman–Crippen MR) is 99.5 cm³/mol. The van der Waals surface area contributed by atoms with E-state index in [0.29, 0.717) is 5.82 Å². The summed E-state index contributed by atoms with van der Waals surface area (Å²) in [6.07, 6.45) is 1.77. The monoisotopic (exact) mass is 344 g/mol. The number of ether oxygens (including phenoxy) is 1. The van der Waals surface area contributed by atoms with Gasteiger partial charge in [0.05, 0.1) is 18.9 Å². The van der Waals surface area contributed by atoms with E-state index in [-0.39, 0.29) is 10.7 Å². The van der Waals surface area contributed by atoms with Gasteiger partial charge in [0.2, 0.25) is 0 Å². The van der Waals surface area contributed by atoms with E-state index in [1.54, 1.807) is 6.20 Å². The van der Waals surface area contributed by atoms with Crippen LogP contribution in [0.1, 0.15) is 31.7 Å². The first kappa shape index (κ1) is 17.2. The average molecular weight is 344 g/mol. The van der Waals surface area contributed by atoms with Gasteiger partial charge in [-0.2, -0.15) is 12.6 Å². The third kappa shape index (κ3) is 3.87. The summed E-state index contributed by atoms with van der Waals surface area (Å²) in [6.45, 7) is 9.63. The second kappa shape index (κ2) is 7.07. The molecule has 0 aromatic carbocycles. The van der Waals surface area contributed by atoms with E-state index in [1.165, 1.54) is 0 Å². The smallest absolute Gasteiger partial charge is 0.180 e. The molecule has 0 saturated carbocycles. The fourth-order valence-electron chi connectivity index (χ4n) is 2.60. The Labute approximate surface area is 148 Å². The zero-order chi connectivity index (χ0) is 17.2. The molecule has 1 atom stereocenters. The maximum Gasteiger partial charge on any atom is 0.180 e. The van der Waals surface area contributed by atoms with Gasteiger partial charge in [0.15, 0.2) is 5.82 Å². The van der Waals surface area contributed by atoms with Gasteiger partial charge < -0.3 is 9.64 Å². The van der Waals surface area contributed by atoms with Gasteiger partial charge in [-0.3, -0.25) is 4.98 Å². The summed E-state index contributed by atoms with van der Waals surface area (Å²) in [5.41, 5.74) is 1.72. The molecular weight excluding hydrogens is 320 g/mol. The molecule has 1 fully saturated rings. The van der Waals surface area contributed by atoms with Gasteiger partial charge >= 0.3 is 0 Å². The molecule has 1 aliphatic rings. The molecule has 128 valence electrons. The number of pyridine rings is 1. The normalized spacial score (nSPS) is 16.9. The fraction of sp³-hybridized carbons (Fsp3) is 0.500. The third-order valence-corrected chi connectivity index (χ3v) is 5.10. The maximum absolute atomic E-state index is 5.46. The van der Waals surface area contributed by atoms with Crippen LogP contribution in [0, 0.1) is 5.41 Å². The number of anilines is 1. The van der Waals surface area contributed by atoms with E-state index in [2.05, 4.69) is 36.7 Å². The van der Waals surface area contributed by atoms with Crippen LogP contribution < -0.4 is 4.90 Å². The summed E-state index contributed by atoms with van der Waals surface area (Å²) in [5.74, 6) is 1.57. The fourth-order valence-corrected chi connectivity index (χ4v) is 2.73. The second-order valence-electron chi connectivity index (χ2n) is 7.06. The van der Waals surface area contributed by atoms with Crippen LogP contribution in [0.5, 0.6) is 0 Å². The molecule has 1 unspecified atom stereocenters. The van der Waals surface area contributed by atoms with Crippen LogP contribution in [-0.4, -0.2) is 41.3 Å². The topological polar surface area (TPSA) is 51.1 Å². The Kier molecular flexibility index (Phi) is 5.06. The highest BCUT2D eigenvalue weighted by molar-refractivity contribution is 7.80. The lowest BCUT2D eigenvalue weighted by molar-refractivity contribution is 0.122. The SMILES string of the molecule is CC(C)(C)C(S)c1cc(N2CCOCC2)nc(-c2ccccn2)n1. The van der Waals surface area contributed by atoms with E-state index < -0.39 is 0 Å². The van der Waals surface area contributed by atoms with E-state index in [0.717, 1.165) is 43.5 Å². The highest BCUT2D eigenvalue weighted by atomic mass is 32.1. The van der Waals surface area contributed by atoms with Crippen molar-refractivity contribution >= 4 is 18.4 Å². The van der Waals surface area contributed by atoms with Crippen LogP contribution >= 0.6 is 12.6 Å². The number of hydrogen-bond donors (Lipinski definition) is 1. The molecule has 0 aliphatic carbocycles. The molecule has 0 bridgehead atoms. The van der Waals surface area contributed by atoms with Crippen molar-refractivity contribution in [3.8, 4) is 11.5 Å². The average Bonchev–Trinajstić information content (AvgIpc) is 2.61. The molecule has 24 heavy (non-hydrogen) atoms. The first-order valence-corrected chi connectivity index (χ1v) is 8.78. The summed E-state index contributed by atoms with van der Waals surface area (Å²) in [5, 5.41) is 0.0164. The molecule has 0 spiro atoms. The van der Waals surface area contributed by atoms with Crippen LogP contribution in [0.4, 0.5) is 5.82 Å². The zero-order valence-electron chi connectivity index (χ0n) is 14.4. The van der Waals surface area contributed by atoms with Gasteiger partial charge in [-0.25, -0.2) is 9.97 Å². The lowest BCUT2D eigenvalue weighted by Gasteiger charge is -2.30. The Morgan fingerprint density at radius 3 is 2.54 bits per heavy atom. The lowest BCUT2D eigenvalue weighted by Crippen LogP contribution is -2.37. The molecule has 0 radical (unpaired) electrons. The summed E-state index contributed by atoms with van der Waals surface area (Å²) in [7, 11) is 0. The number of hydrogen-bond acceptors (Lipinski definition) is 6. The van der Waals surface area contributed by atoms with Gasteiger partial charge in [-0.1, -0.05) is 26.8 Å². The van der Waals surface area contributed by atoms with Crippen molar-refractivity contribution in [1.82, 2.24) is 15.0 Å². The van der Waals surface area contributed by atoms with Gasteiger partial charge in [-0.05, 0) is 17.5 Å². The summed E-state index contributed by atoms with van der Waals surface area (Å²) in [6, 6.07) is 7.84. The Morgan fingerprint density at radius 2 is 1.92 bits per heavy atom. The van der Waals surface area contributed by atoms with Gasteiger partial charge in [0, 0.05) is 30.6 Å². The van der Waals surface area contributed by atoms with Gasteiger partial charge in [0.25, 0.3) is 0 Å². The number of morpholine rings is 1. The minimum absolute atomic E-state index is 0.00112. The molecule has 2 aromatic heterocycles. The van der Waals surface area contributed by atoms with E-state index in [1.807, 2.05) is 18.2 Å². The summed E-state index contributed by atoms with van der Waals surface area (Å²) < 4.78 is 5.46. The van der Waals surface area contributed by atoms with E-state index in [9.17, 15) is 0 Å². The highest BCUT2D eigenvalue weighted by Gasteiger charge is 2.26. The van der Waals surface area contributed by atoms with Crippen LogP contribution in [0.2, 0.25) is 0 Å². The molecule has 3 rings (SSSR count). The quantitative estimate of drug-likeness (QED) is 0.865. The standard InChI is InChI=1S/C18H24N4OS/c1-18(2,3)16(24)14-12-15(22-8-10-23-11-9-22)21-17(20-14)13-6-4-5-7-19-13/h4-7,12,16,24H,8-11H2,1-3H3. The Morgan fingerprint density at radius 1 is 1.17 bits per heavy atom. The number of nitrogens with zero attached hydrogens (tertiary/aromatic N) is 4. The Balaban J connectivity index is 2.05. The van der Waals surface area contributed by atoms with Crippen LogP contribution in [0.3, 0.4) is 0 Å². The minimum Gasteiger partial charge on any atom is -0.378 e. The van der Waals surface area contributed by atoms with Crippen molar-refractivity contribution in [2.75, 3.05) is 31.2 Å². The maximum atomic E-state index is 5.46. The molecule has 1 saturated heterocycles. The zero-order valence-corrected chi connectivity index (χ0v) is 15.3. The molecule has 0 amide bonds. The van der Waals surface area contributed by atoms with E-state index in [4.69, 9.17) is 27.3 Å². The van der Waals surface area contributed by atoms with Crippen LogP contribution in [0.25, 0.3) is 11.5 Å². The predicted octanol–water partition coefficient (Wildman–Crippen LogP) is 3.39. The number of thiol groups is 1. The molecule has 1 aliphatic heterocycles. The van der Waals surface area contributed by atoms with Crippen LogP contribution in [0.15, 0.2) is 30.5 Å². The Hall–Kier alpha value is -1.66. The molecule has 5 nitrogen and oxygen atoms in total. The second-order valence-corrected chi connectivity index (χ2v) is 7.57. The molecule has 3 heterocycles. The number of aromatic nitrogens is 3. The van der Waals surface area contributed by atoms with Crippen molar-refractivity contribution in [2.24, 2.45) is 5.41 Å². The largest absolute Gasteiger partial charge is 0.378 e. The van der Waals surface area contributed by atoms with Crippen molar-refractivity contribution in [3.63, 3.8) is 0 Å². The number of rotatable bonds is 3. The molecule has 0 N–H and O–H groups in total. The van der Waals surface area contributed by atoms with Crippen molar-refractivity contribution in [2.45, 2.75) is 26.0 Å². The lowest BCUT2D eigenvalue weighted by atomic mass is 9.89. The minimum atomic E-state index is 0.00112. The van der Waals surface area contributed by atoms with Gasteiger partial charge in [-0.15, -0.1) is 0 Å². The molecular formula is C18H24N4OS. The first-order valence-electron chi connectivity index (χ1n) is 8.26. The van der Waals surface area contributed by atoms with Crippen molar-refractivity contribution in [3.05, 3.63) is 36.2 Å².